The number of carbonyl (C=O) groups excluding carboxylic acids is 1. The van der Waals surface area contributed by atoms with Crippen molar-refractivity contribution in [3.05, 3.63) is 53.1 Å². The minimum atomic E-state index is -0.0277. The first-order valence-electron chi connectivity index (χ1n) is 9.61. The molecule has 0 aliphatic carbocycles. The number of aromatic nitrogens is 3. The molecule has 0 spiro atoms. The zero-order chi connectivity index (χ0) is 18.8. The molecular formula is C21H25N5O. The van der Waals surface area contributed by atoms with Crippen LogP contribution in [0.2, 0.25) is 0 Å². The number of benzene rings is 1. The van der Waals surface area contributed by atoms with Crippen LogP contribution < -0.4 is 5.32 Å². The molecule has 0 radical (unpaired) electrons. The van der Waals surface area contributed by atoms with Crippen LogP contribution >= 0.6 is 0 Å². The van der Waals surface area contributed by atoms with Crippen LogP contribution in [0.4, 0.5) is 5.82 Å². The molecule has 0 saturated carbocycles. The number of amides is 1. The number of H-pyrrole nitrogens is 1. The Labute approximate surface area is 159 Å². The number of nitrogens with one attached hydrogen (secondary N) is 2. The fraction of sp³-hybridized carbons (Fsp3) is 0.381. The van der Waals surface area contributed by atoms with Crippen molar-refractivity contribution in [3.8, 4) is 0 Å². The third-order valence-electron chi connectivity index (χ3n) is 5.30. The molecule has 3 aromatic rings. The summed E-state index contributed by atoms with van der Waals surface area (Å²) in [5.41, 5.74) is 5.35. The zero-order valence-corrected chi connectivity index (χ0v) is 15.9. The van der Waals surface area contributed by atoms with E-state index in [0.717, 1.165) is 32.4 Å². The summed E-state index contributed by atoms with van der Waals surface area (Å²) in [7, 11) is 0. The fourth-order valence-electron chi connectivity index (χ4n) is 3.72. The maximum Gasteiger partial charge on any atom is 0.274 e. The molecule has 0 bridgehead atoms. The Bertz CT molecular complexity index is 972. The molecule has 2 N–H and O–H groups in total. The van der Waals surface area contributed by atoms with Crippen LogP contribution in [0.3, 0.4) is 0 Å². The van der Waals surface area contributed by atoms with Gasteiger partial charge in [-0.3, -0.25) is 9.78 Å². The molecule has 1 aliphatic heterocycles. The summed E-state index contributed by atoms with van der Waals surface area (Å²) in [5, 5.41) is 4.56. The summed E-state index contributed by atoms with van der Waals surface area (Å²) in [5.74, 6) is 0.597. The van der Waals surface area contributed by atoms with E-state index in [9.17, 15) is 4.79 Å². The van der Waals surface area contributed by atoms with E-state index in [1.807, 2.05) is 4.90 Å². The summed E-state index contributed by atoms with van der Waals surface area (Å²) in [4.78, 5) is 26.5. The van der Waals surface area contributed by atoms with Gasteiger partial charge < -0.3 is 15.2 Å². The van der Waals surface area contributed by atoms with Gasteiger partial charge >= 0.3 is 0 Å². The molecule has 1 amide bonds. The predicted octanol–water partition coefficient (Wildman–Crippen LogP) is 3.68. The van der Waals surface area contributed by atoms with Gasteiger partial charge in [-0.1, -0.05) is 13.0 Å². The molecule has 1 aliphatic rings. The number of hydrogen-bond donors (Lipinski definition) is 2. The Morgan fingerprint density at radius 2 is 2.07 bits per heavy atom. The smallest absolute Gasteiger partial charge is 0.274 e. The van der Waals surface area contributed by atoms with Gasteiger partial charge in [0.15, 0.2) is 0 Å². The maximum absolute atomic E-state index is 12.5. The van der Waals surface area contributed by atoms with E-state index >= 15 is 0 Å². The molecule has 1 fully saturated rings. The Kier molecular flexibility index (Phi) is 4.79. The van der Waals surface area contributed by atoms with Gasteiger partial charge in [0.1, 0.15) is 11.5 Å². The molecule has 1 saturated heterocycles. The molecule has 2 aromatic heterocycles. The molecule has 1 aromatic carbocycles. The lowest BCUT2D eigenvalue weighted by Gasteiger charge is -2.14. The van der Waals surface area contributed by atoms with Crippen molar-refractivity contribution in [1.82, 2.24) is 19.9 Å². The van der Waals surface area contributed by atoms with Crippen molar-refractivity contribution in [2.24, 2.45) is 0 Å². The van der Waals surface area contributed by atoms with Crippen molar-refractivity contribution >= 4 is 22.6 Å². The summed E-state index contributed by atoms with van der Waals surface area (Å²) in [6.07, 6.45) is 6.35. The second-order valence-corrected chi connectivity index (χ2v) is 7.10. The Morgan fingerprint density at radius 1 is 1.26 bits per heavy atom. The lowest BCUT2D eigenvalue weighted by atomic mass is 10.1. The number of rotatable bonds is 5. The van der Waals surface area contributed by atoms with E-state index in [1.54, 1.807) is 12.4 Å². The summed E-state index contributed by atoms with van der Waals surface area (Å²) >= 11 is 0. The molecule has 0 atom stereocenters. The standard InChI is InChI=1S/C21H25N5O/c1-3-17-14(2)16-10-15(6-7-18(16)24-17)11-23-20-13-22-12-19(25-20)21(27)26-8-4-5-9-26/h6-7,10,12-13,24H,3-5,8-9,11H2,1-2H3,(H,23,25). The molecule has 4 rings (SSSR count). The van der Waals surface area contributed by atoms with Crippen LogP contribution in [0, 0.1) is 6.92 Å². The number of hydrogen-bond acceptors (Lipinski definition) is 4. The van der Waals surface area contributed by atoms with Gasteiger partial charge in [-0.05, 0) is 49.4 Å². The molecule has 0 unspecified atom stereocenters. The van der Waals surface area contributed by atoms with E-state index in [1.165, 1.54) is 27.7 Å². The van der Waals surface area contributed by atoms with Crippen LogP contribution in [-0.4, -0.2) is 38.8 Å². The number of carbonyl (C=O) groups is 1. The number of nitrogens with zero attached hydrogens (tertiary/aromatic N) is 3. The van der Waals surface area contributed by atoms with Gasteiger partial charge in [0.2, 0.25) is 0 Å². The quantitative estimate of drug-likeness (QED) is 0.725. The Balaban J connectivity index is 1.48. The summed E-state index contributed by atoms with van der Waals surface area (Å²) < 4.78 is 0. The first kappa shape index (κ1) is 17.5. The van der Waals surface area contributed by atoms with Crippen molar-refractivity contribution in [1.29, 1.82) is 0 Å². The second-order valence-electron chi connectivity index (χ2n) is 7.10. The van der Waals surface area contributed by atoms with Gasteiger partial charge in [-0.2, -0.15) is 0 Å². The Hall–Kier alpha value is -2.89. The van der Waals surface area contributed by atoms with Gasteiger partial charge in [-0.15, -0.1) is 0 Å². The van der Waals surface area contributed by atoms with Crippen molar-refractivity contribution in [3.63, 3.8) is 0 Å². The van der Waals surface area contributed by atoms with E-state index in [4.69, 9.17) is 0 Å². The lowest BCUT2D eigenvalue weighted by molar-refractivity contribution is 0.0786. The highest BCUT2D eigenvalue weighted by Crippen LogP contribution is 2.23. The van der Waals surface area contributed by atoms with Crippen LogP contribution in [0.5, 0.6) is 0 Å². The van der Waals surface area contributed by atoms with Crippen molar-refractivity contribution in [2.75, 3.05) is 18.4 Å². The van der Waals surface area contributed by atoms with E-state index in [-0.39, 0.29) is 5.91 Å². The average molecular weight is 363 g/mol. The third kappa shape index (κ3) is 3.52. The average Bonchev–Trinajstić information content (AvgIpc) is 3.34. The summed E-state index contributed by atoms with van der Waals surface area (Å²) in [6, 6.07) is 6.44. The minimum absolute atomic E-state index is 0.0277. The largest absolute Gasteiger partial charge is 0.365 e. The SMILES string of the molecule is CCc1[nH]c2ccc(CNc3cncc(C(=O)N4CCCC4)n3)cc2c1C. The maximum atomic E-state index is 12.5. The highest BCUT2D eigenvalue weighted by molar-refractivity contribution is 5.92. The Morgan fingerprint density at radius 3 is 2.85 bits per heavy atom. The first-order chi connectivity index (χ1) is 13.2. The predicted molar refractivity (Wildman–Crippen MR) is 107 cm³/mol. The lowest BCUT2D eigenvalue weighted by Crippen LogP contribution is -2.28. The van der Waals surface area contributed by atoms with Gasteiger partial charge in [0.25, 0.3) is 5.91 Å². The van der Waals surface area contributed by atoms with Gasteiger partial charge in [-0.25, -0.2) is 4.98 Å². The zero-order valence-electron chi connectivity index (χ0n) is 15.9. The van der Waals surface area contributed by atoms with Crippen molar-refractivity contribution < 1.29 is 4.79 Å². The second kappa shape index (κ2) is 7.39. The highest BCUT2D eigenvalue weighted by atomic mass is 16.2. The van der Waals surface area contributed by atoms with Crippen molar-refractivity contribution in [2.45, 2.75) is 39.7 Å². The number of aryl methyl sites for hydroxylation is 2. The minimum Gasteiger partial charge on any atom is -0.365 e. The van der Waals surface area contributed by atoms with Crippen LogP contribution in [0.1, 0.15) is 47.1 Å². The molecule has 6 heteroatoms. The molecule has 27 heavy (non-hydrogen) atoms. The third-order valence-corrected chi connectivity index (χ3v) is 5.30. The normalized spacial score (nSPS) is 14.1. The number of fused-ring (bicyclic) bond motifs is 1. The highest BCUT2D eigenvalue weighted by Gasteiger charge is 2.21. The summed E-state index contributed by atoms with van der Waals surface area (Å²) in [6.45, 7) is 6.59. The van der Waals surface area contributed by atoms with E-state index < -0.39 is 0 Å². The molecular weight excluding hydrogens is 338 g/mol. The first-order valence-corrected chi connectivity index (χ1v) is 9.61. The van der Waals surface area contributed by atoms with Gasteiger partial charge in [0, 0.05) is 36.2 Å². The van der Waals surface area contributed by atoms with Gasteiger partial charge in [0.05, 0.1) is 12.4 Å². The molecule has 3 heterocycles. The number of aromatic amines is 1. The van der Waals surface area contributed by atoms with Crippen LogP contribution in [0.15, 0.2) is 30.6 Å². The van der Waals surface area contributed by atoms with Crippen LogP contribution in [-0.2, 0) is 13.0 Å². The van der Waals surface area contributed by atoms with E-state index in [2.05, 4.69) is 52.3 Å². The molecule has 6 nitrogen and oxygen atoms in total. The molecule has 140 valence electrons. The fourth-order valence-corrected chi connectivity index (χ4v) is 3.72. The monoisotopic (exact) mass is 363 g/mol. The topological polar surface area (TPSA) is 73.9 Å². The van der Waals surface area contributed by atoms with E-state index in [0.29, 0.717) is 18.1 Å². The number of likely N-dealkylation sites (tertiary alicyclic amines) is 1. The van der Waals surface area contributed by atoms with Crippen LogP contribution in [0.25, 0.3) is 10.9 Å². The number of anilines is 1.